The number of carbonyl (C=O) groups is 1. The third kappa shape index (κ3) is 5.29. The molecule has 5 rings (SSSR count). The van der Waals surface area contributed by atoms with E-state index in [1.165, 1.54) is 5.56 Å². The SMILES string of the molecule is O=C(c1ccccc1SCc1cn2ccccc2n1)N1CCCN(Cc2ccccc2)CC1. The largest absolute Gasteiger partial charge is 0.337 e. The highest BCUT2D eigenvalue weighted by Gasteiger charge is 2.22. The second-order valence-electron chi connectivity index (χ2n) is 8.39. The van der Waals surface area contributed by atoms with E-state index >= 15 is 0 Å². The molecule has 0 aliphatic carbocycles. The van der Waals surface area contributed by atoms with Gasteiger partial charge in [-0.05, 0) is 36.2 Å². The number of amides is 1. The Morgan fingerprint density at radius 3 is 2.58 bits per heavy atom. The van der Waals surface area contributed by atoms with E-state index in [-0.39, 0.29) is 5.91 Å². The minimum Gasteiger partial charge on any atom is -0.337 e. The molecule has 0 unspecified atom stereocenters. The summed E-state index contributed by atoms with van der Waals surface area (Å²) >= 11 is 1.68. The zero-order valence-corrected chi connectivity index (χ0v) is 19.5. The summed E-state index contributed by atoms with van der Waals surface area (Å²) in [5.74, 6) is 0.867. The molecule has 1 aliphatic heterocycles. The second kappa shape index (κ2) is 10.2. The first-order chi connectivity index (χ1) is 16.3. The number of imidazole rings is 1. The molecule has 1 amide bonds. The van der Waals surface area contributed by atoms with Gasteiger partial charge in [0.1, 0.15) is 5.65 Å². The van der Waals surface area contributed by atoms with Gasteiger partial charge in [0.15, 0.2) is 0 Å². The van der Waals surface area contributed by atoms with Gasteiger partial charge in [0.05, 0.1) is 11.3 Å². The van der Waals surface area contributed by atoms with Gasteiger partial charge in [0.25, 0.3) is 5.91 Å². The highest BCUT2D eigenvalue weighted by Crippen LogP contribution is 2.27. The Labute approximate surface area is 199 Å². The predicted octanol–water partition coefficient (Wildman–Crippen LogP) is 4.97. The molecular formula is C27H28N4OS. The minimum atomic E-state index is 0.134. The van der Waals surface area contributed by atoms with E-state index in [0.717, 1.165) is 66.7 Å². The quantitative estimate of drug-likeness (QED) is 0.384. The fourth-order valence-corrected chi connectivity index (χ4v) is 5.25. The van der Waals surface area contributed by atoms with Gasteiger partial charge in [-0.25, -0.2) is 4.98 Å². The third-order valence-electron chi connectivity index (χ3n) is 6.03. The van der Waals surface area contributed by atoms with Crippen LogP contribution in [0.4, 0.5) is 0 Å². The molecule has 5 nitrogen and oxygen atoms in total. The Morgan fingerprint density at radius 2 is 1.70 bits per heavy atom. The molecule has 0 spiro atoms. The number of fused-ring (bicyclic) bond motifs is 1. The van der Waals surface area contributed by atoms with E-state index in [9.17, 15) is 4.79 Å². The van der Waals surface area contributed by atoms with Crippen LogP contribution in [0.2, 0.25) is 0 Å². The van der Waals surface area contributed by atoms with Gasteiger partial charge in [0.2, 0.25) is 0 Å². The second-order valence-corrected chi connectivity index (χ2v) is 9.41. The van der Waals surface area contributed by atoms with Crippen LogP contribution in [0, 0.1) is 0 Å². The van der Waals surface area contributed by atoms with Crippen molar-refractivity contribution in [2.75, 3.05) is 26.2 Å². The van der Waals surface area contributed by atoms with Crippen molar-refractivity contribution in [3.63, 3.8) is 0 Å². The van der Waals surface area contributed by atoms with E-state index in [1.54, 1.807) is 11.8 Å². The first-order valence-electron chi connectivity index (χ1n) is 11.5. The maximum atomic E-state index is 13.5. The molecular weight excluding hydrogens is 428 g/mol. The van der Waals surface area contributed by atoms with Crippen molar-refractivity contribution in [1.82, 2.24) is 19.2 Å². The first kappa shape index (κ1) is 21.7. The van der Waals surface area contributed by atoms with Crippen molar-refractivity contribution in [2.45, 2.75) is 23.6 Å². The molecule has 33 heavy (non-hydrogen) atoms. The molecule has 2 aromatic heterocycles. The lowest BCUT2D eigenvalue weighted by Crippen LogP contribution is -2.35. The zero-order chi connectivity index (χ0) is 22.5. The van der Waals surface area contributed by atoms with Gasteiger partial charge in [-0.15, -0.1) is 11.8 Å². The molecule has 3 heterocycles. The Morgan fingerprint density at radius 1 is 0.879 bits per heavy atom. The number of thioether (sulfide) groups is 1. The maximum absolute atomic E-state index is 13.5. The standard InChI is InChI=1S/C27H28N4OS/c32-27(30-16-8-14-29(17-18-30)19-22-9-2-1-3-10-22)24-11-4-5-12-25(24)33-21-23-20-31-15-7-6-13-26(31)28-23/h1-7,9-13,15,20H,8,14,16-19,21H2. The fraction of sp³-hybridized carbons (Fsp3) is 0.259. The summed E-state index contributed by atoms with van der Waals surface area (Å²) in [6.45, 7) is 4.42. The summed E-state index contributed by atoms with van der Waals surface area (Å²) in [6.07, 6.45) is 5.06. The van der Waals surface area contributed by atoms with Crippen molar-refractivity contribution in [3.8, 4) is 0 Å². The topological polar surface area (TPSA) is 40.9 Å². The number of carbonyl (C=O) groups excluding carboxylic acids is 1. The van der Waals surface area contributed by atoms with Gasteiger partial charge < -0.3 is 9.30 Å². The molecule has 4 aromatic rings. The van der Waals surface area contributed by atoms with Crippen molar-refractivity contribution in [3.05, 3.63) is 102 Å². The first-order valence-corrected chi connectivity index (χ1v) is 12.4. The summed E-state index contributed by atoms with van der Waals surface area (Å²) < 4.78 is 2.03. The van der Waals surface area contributed by atoms with E-state index < -0.39 is 0 Å². The summed E-state index contributed by atoms with van der Waals surface area (Å²) in [5, 5.41) is 0. The monoisotopic (exact) mass is 456 g/mol. The van der Waals surface area contributed by atoms with Crippen molar-refractivity contribution in [1.29, 1.82) is 0 Å². The van der Waals surface area contributed by atoms with Crippen molar-refractivity contribution >= 4 is 23.3 Å². The van der Waals surface area contributed by atoms with Crippen LogP contribution in [-0.2, 0) is 12.3 Å². The molecule has 0 saturated carbocycles. The third-order valence-corrected chi connectivity index (χ3v) is 7.14. The summed E-state index contributed by atoms with van der Waals surface area (Å²) in [6, 6.07) is 24.5. The molecule has 0 radical (unpaired) electrons. The average Bonchev–Trinajstić information content (AvgIpc) is 3.14. The van der Waals surface area contributed by atoms with Crippen LogP contribution in [0.5, 0.6) is 0 Å². The summed E-state index contributed by atoms with van der Waals surface area (Å²) in [5.41, 5.74) is 4.08. The number of rotatable bonds is 6. The molecule has 0 bridgehead atoms. The van der Waals surface area contributed by atoms with Crippen LogP contribution >= 0.6 is 11.8 Å². The summed E-state index contributed by atoms with van der Waals surface area (Å²) in [4.78, 5) is 23.6. The van der Waals surface area contributed by atoms with Gasteiger partial charge >= 0.3 is 0 Å². The van der Waals surface area contributed by atoms with Crippen LogP contribution in [0.25, 0.3) is 5.65 Å². The smallest absolute Gasteiger partial charge is 0.255 e. The van der Waals surface area contributed by atoms with Crippen LogP contribution < -0.4 is 0 Å². The number of hydrogen-bond acceptors (Lipinski definition) is 4. The molecule has 168 valence electrons. The minimum absolute atomic E-state index is 0.134. The lowest BCUT2D eigenvalue weighted by atomic mass is 10.2. The van der Waals surface area contributed by atoms with Crippen molar-refractivity contribution in [2.24, 2.45) is 0 Å². The van der Waals surface area contributed by atoms with E-state index in [4.69, 9.17) is 0 Å². The molecule has 0 atom stereocenters. The van der Waals surface area contributed by atoms with Crippen molar-refractivity contribution < 1.29 is 4.79 Å². The molecule has 1 saturated heterocycles. The highest BCUT2D eigenvalue weighted by atomic mass is 32.2. The Kier molecular flexibility index (Phi) is 6.74. The molecule has 1 aliphatic rings. The number of aromatic nitrogens is 2. The van der Waals surface area contributed by atoms with E-state index in [2.05, 4.69) is 46.4 Å². The lowest BCUT2D eigenvalue weighted by molar-refractivity contribution is 0.0757. The molecule has 2 aromatic carbocycles. The van der Waals surface area contributed by atoms with Gasteiger partial charge in [-0.1, -0.05) is 48.5 Å². The zero-order valence-electron chi connectivity index (χ0n) is 18.6. The Hall–Kier alpha value is -3.09. The Bertz CT molecular complexity index is 1190. The average molecular weight is 457 g/mol. The fourth-order valence-electron chi connectivity index (χ4n) is 4.32. The number of hydrogen-bond donors (Lipinski definition) is 0. The van der Waals surface area contributed by atoms with E-state index in [0.29, 0.717) is 0 Å². The highest BCUT2D eigenvalue weighted by molar-refractivity contribution is 7.98. The lowest BCUT2D eigenvalue weighted by Gasteiger charge is -2.23. The summed E-state index contributed by atoms with van der Waals surface area (Å²) in [7, 11) is 0. The predicted molar refractivity (Wildman–Crippen MR) is 133 cm³/mol. The number of benzene rings is 2. The number of pyridine rings is 1. The van der Waals surface area contributed by atoms with Crippen LogP contribution in [0.3, 0.4) is 0 Å². The van der Waals surface area contributed by atoms with Gasteiger partial charge in [0, 0.05) is 55.8 Å². The van der Waals surface area contributed by atoms with Gasteiger partial charge in [-0.2, -0.15) is 0 Å². The molecule has 6 heteroatoms. The normalized spacial score (nSPS) is 15.0. The van der Waals surface area contributed by atoms with Crippen LogP contribution in [0.15, 0.2) is 90.1 Å². The molecule has 1 fully saturated rings. The number of nitrogens with zero attached hydrogens (tertiary/aromatic N) is 4. The van der Waals surface area contributed by atoms with Crippen LogP contribution in [0.1, 0.15) is 28.0 Å². The van der Waals surface area contributed by atoms with Crippen LogP contribution in [-0.4, -0.2) is 51.3 Å². The maximum Gasteiger partial charge on any atom is 0.255 e. The van der Waals surface area contributed by atoms with E-state index in [1.807, 2.05) is 58.0 Å². The molecule has 0 N–H and O–H groups in total. The van der Waals surface area contributed by atoms with Gasteiger partial charge in [-0.3, -0.25) is 9.69 Å². The Balaban J connectivity index is 1.24.